The van der Waals surface area contributed by atoms with Gasteiger partial charge in [0.15, 0.2) is 0 Å². The smallest absolute Gasteiger partial charge is 0.0535 e. The Balaban J connectivity index is 1.78. The number of hydrogen-bond acceptors (Lipinski definition) is 3. The predicted molar refractivity (Wildman–Crippen MR) is 81.8 cm³/mol. The van der Waals surface area contributed by atoms with Crippen LogP contribution in [0.2, 0.25) is 0 Å². The normalized spacial score (nSPS) is 33.2. The maximum atomic E-state index is 5.52. The zero-order chi connectivity index (χ0) is 14.0. The van der Waals surface area contributed by atoms with Crippen LogP contribution in [0.5, 0.6) is 0 Å². The fraction of sp³-hybridized carbons (Fsp3) is 0.647. The molecule has 2 aliphatic heterocycles. The van der Waals surface area contributed by atoms with Crippen LogP contribution in [0, 0.1) is 0 Å². The zero-order valence-corrected chi connectivity index (χ0v) is 12.6. The van der Waals surface area contributed by atoms with Crippen molar-refractivity contribution in [3.63, 3.8) is 0 Å². The summed E-state index contributed by atoms with van der Waals surface area (Å²) in [5, 5.41) is 3.76. The SMILES string of the molecule is CC1CNC(C)(c2ccccc2)CN1C1CCOCC1. The number of piperazine rings is 1. The number of nitrogens with zero attached hydrogens (tertiary/aromatic N) is 1. The highest BCUT2D eigenvalue weighted by Gasteiger charge is 2.38. The van der Waals surface area contributed by atoms with Crippen LogP contribution in [0.1, 0.15) is 32.3 Å². The predicted octanol–water partition coefficient (Wildman–Crippen LogP) is 2.37. The third kappa shape index (κ3) is 2.76. The molecule has 0 radical (unpaired) electrons. The van der Waals surface area contributed by atoms with Crippen LogP contribution in [0.3, 0.4) is 0 Å². The first-order valence-corrected chi connectivity index (χ1v) is 7.83. The Labute approximate surface area is 122 Å². The summed E-state index contributed by atoms with van der Waals surface area (Å²) in [4.78, 5) is 2.70. The third-order valence-electron chi connectivity index (χ3n) is 4.92. The average molecular weight is 274 g/mol. The Morgan fingerprint density at radius 2 is 1.90 bits per heavy atom. The maximum Gasteiger partial charge on any atom is 0.0535 e. The molecule has 0 aliphatic carbocycles. The summed E-state index contributed by atoms with van der Waals surface area (Å²) in [5.41, 5.74) is 1.45. The summed E-state index contributed by atoms with van der Waals surface area (Å²) in [5.74, 6) is 0. The highest BCUT2D eigenvalue weighted by Crippen LogP contribution is 2.29. The summed E-state index contributed by atoms with van der Waals surface area (Å²) in [6.45, 7) is 8.66. The van der Waals surface area contributed by atoms with E-state index in [-0.39, 0.29) is 5.54 Å². The van der Waals surface area contributed by atoms with Gasteiger partial charge in [0.25, 0.3) is 0 Å². The third-order valence-corrected chi connectivity index (χ3v) is 4.92. The molecule has 0 spiro atoms. The molecule has 0 saturated carbocycles. The first-order valence-electron chi connectivity index (χ1n) is 7.83. The lowest BCUT2D eigenvalue weighted by molar-refractivity contribution is -0.0101. The van der Waals surface area contributed by atoms with E-state index in [4.69, 9.17) is 4.74 Å². The standard InChI is InChI=1S/C17H26N2O/c1-14-12-18-17(2,15-6-4-3-5-7-15)13-19(14)16-8-10-20-11-9-16/h3-7,14,16,18H,8-13H2,1-2H3. The van der Waals surface area contributed by atoms with Crippen LogP contribution >= 0.6 is 0 Å². The summed E-state index contributed by atoms with van der Waals surface area (Å²) >= 11 is 0. The molecule has 2 heterocycles. The monoisotopic (exact) mass is 274 g/mol. The van der Waals surface area contributed by atoms with Gasteiger partial charge in [0.1, 0.15) is 0 Å². The Morgan fingerprint density at radius 3 is 2.60 bits per heavy atom. The van der Waals surface area contributed by atoms with Gasteiger partial charge in [-0.3, -0.25) is 4.90 Å². The van der Waals surface area contributed by atoms with E-state index >= 15 is 0 Å². The minimum Gasteiger partial charge on any atom is -0.381 e. The second-order valence-corrected chi connectivity index (χ2v) is 6.44. The van der Waals surface area contributed by atoms with Crippen LogP contribution in [-0.4, -0.2) is 43.3 Å². The molecule has 110 valence electrons. The number of nitrogens with one attached hydrogen (secondary N) is 1. The molecule has 1 aromatic rings. The van der Waals surface area contributed by atoms with Gasteiger partial charge in [-0.1, -0.05) is 30.3 Å². The Hall–Kier alpha value is -0.900. The van der Waals surface area contributed by atoms with E-state index in [1.54, 1.807) is 0 Å². The first kappa shape index (κ1) is 14.1. The van der Waals surface area contributed by atoms with Crippen molar-refractivity contribution in [2.45, 2.75) is 44.3 Å². The molecule has 2 aliphatic rings. The molecule has 0 bridgehead atoms. The molecule has 2 fully saturated rings. The van der Waals surface area contributed by atoms with Crippen molar-refractivity contribution < 1.29 is 4.74 Å². The number of benzene rings is 1. The molecule has 1 N–H and O–H groups in total. The van der Waals surface area contributed by atoms with Crippen molar-refractivity contribution in [2.75, 3.05) is 26.3 Å². The van der Waals surface area contributed by atoms with E-state index in [1.807, 2.05) is 0 Å². The van der Waals surface area contributed by atoms with Gasteiger partial charge in [0, 0.05) is 38.4 Å². The van der Waals surface area contributed by atoms with Gasteiger partial charge in [-0.15, -0.1) is 0 Å². The van der Waals surface area contributed by atoms with Crippen LogP contribution in [-0.2, 0) is 10.3 Å². The number of hydrogen-bond donors (Lipinski definition) is 1. The summed E-state index contributed by atoms with van der Waals surface area (Å²) in [6, 6.07) is 12.1. The Kier molecular flexibility index (Phi) is 4.11. The van der Waals surface area contributed by atoms with E-state index in [0.717, 1.165) is 26.3 Å². The van der Waals surface area contributed by atoms with Crippen LogP contribution in [0.25, 0.3) is 0 Å². The largest absolute Gasteiger partial charge is 0.381 e. The summed E-state index contributed by atoms with van der Waals surface area (Å²) < 4.78 is 5.52. The van der Waals surface area contributed by atoms with E-state index in [2.05, 4.69) is 54.4 Å². The van der Waals surface area contributed by atoms with Gasteiger partial charge in [-0.05, 0) is 32.3 Å². The van der Waals surface area contributed by atoms with Crippen molar-refractivity contribution >= 4 is 0 Å². The number of rotatable bonds is 2. The van der Waals surface area contributed by atoms with Crippen molar-refractivity contribution in [2.24, 2.45) is 0 Å². The van der Waals surface area contributed by atoms with Gasteiger partial charge in [0.05, 0.1) is 5.54 Å². The van der Waals surface area contributed by atoms with Gasteiger partial charge < -0.3 is 10.1 Å². The molecular formula is C17H26N2O. The van der Waals surface area contributed by atoms with Crippen molar-refractivity contribution in [1.29, 1.82) is 0 Å². The lowest BCUT2D eigenvalue weighted by atomic mass is 9.87. The van der Waals surface area contributed by atoms with Crippen LogP contribution in [0.15, 0.2) is 30.3 Å². The van der Waals surface area contributed by atoms with E-state index in [0.29, 0.717) is 12.1 Å². The molecular weight excluding hydrogens is 248 g/mol. The molecule has 20 heavy (non-hydrogen) atoms. The minimum absolute atomic E-state index is 0.0616. The molecule has 0 amide bonds. The van der Waals surface area contributed by atoms with Gasteiger partial charge in [-0.25, -0.2) is 0 Å². The van der Waals surface area contributed by atoms with Crippen LogP contribution < -0.4 is 5.32 Å². The Morgan fingerprint density at radius 1 is 1.20 bits per heavy atom. The molecule has 3 nitrogen and oxygen atoms in total. The molecule has 3 heteroatoms. The van der Waals surface area contributed by atoms with Gasteiger partial charge in [-0.2, -0.15) is 0 Å². The molecule has 1 aromatic carbocycles. The van der Waals surface area contributed by atoms with E-state index in [1.165, 1.54) is 18.4 Å². The topological polar surface area (TPSA) is 24.5 Å². The minimum atomic E-state index is 0.0616. The van der Waals surface area contributed by atoms with Gasteiger partial charge >= 0.3 is 0 Å². The second kappa shape index (κ2) is 5.84. The molecule has 2 saturated heterocycles. The quantitative estimate of drug-likeness (QED) is 0.896. The summed E-state index contributed by atoms with van der Waals surface area (Å²) in [6.07, 6.45) is 2.35. The molecule has 2 atom stereocenters. The molecule has 3 rings (SSSR count). The average Bonchev–Trinajstić information content (AvgIpc) is 2.52. The van der Waals surface area contributed by atoms with E-state index in [9.17, 15) is 0 Å². The van der Waals surface area contributed by atoms with Crippen molar-refractivity contribution in [3.05, 3.63) is 35.9 Å². The fourth-order valence-electron chi connectivity index (χ4n) is 3.57. The maximum absolute atomic E-state index is 5.52. The highest BCUT2D eigenvalue weighted by atomic mass is 16.5. The molecule has 2 unspecified atom stereocenters. The first-order chi connectivity index (χ1) is 9.69. The van der Waals surface area contributed by atoms with E-state index < -0.39 is 0 Å². The van der Waals surface area contributed by atoms with Crippen LogP contribution in [0.4, 0.5) is 0 Å². The lowest BCUT2D eigenvalue weighted by Crippen LogP contribution is -2.63. The van der Waals surface area contributed by atoms with Crippen molar-refractivity contribution in [3.8, 4) is 0 Å². The van der Waals surface area contributed by atoms with Crippen molar-refractivity contribution in [1.82, 2.24) is 10.2 Å². The highest BCUT2D eigenvalue weighted by molar-refractivity contribution is 5.25. The van der Waals surface area contributed by atoms with Gasteiger partial charge in [0.2, 0.25) is 0 Å². The number of ether oxygens (including phenoxy) is 1. The summed E-state index contributed by atoms with van der Waals surface area (Å²) in [7, 11) is 0. The second-order valence-electron chi connectivity index (χ2n) is 6.44. The Bertz CT molecular complexity index is 430. The molecule has 0 aromatic heterocycles. The fourth-order valence-corrected chi connectivity index (χ4v) is 3.57. The zero-order valence-electron chi connectivity index (χ0n) is 12.6. The lowest BCUT2D eigenvalue weighted by Gasteiger charge is -2.49.